The van der Waals surface area contributed by atoms with Crippen molar-refractivity contribution in [2.75, 3.05) is 0 Å². The van der Waals surface area contributed by atoms with Gasteiger partial charge in [-0.3, -0.25) is 4.79 Å². The molecule has 0 N–H and O–H groups in total. The van der Waals surface area contributed by atoms with Crippen molar-refractivity contribution in [1.29, 1.82) is 5.26 Å². The summed E-state index contributed by atoms with van der Waals surface area (Å²) < 4.78 is 10.5. The van der Waals surface area contributed by atoms with Gasteiger partial charge in [-0.05, 0) is 195 Å². The van der Waals surface area contributed by atoms with Crippen LogP contribution < -0.4 is 0 Å². The molecule has 0 spiro atoms. The number of Topliss-reactive ketones (excluding diaryl/α,β-unsaturated/α-hetero) is 1. The van der Waals surface area contributed by atoms with E-state index in [4.69, 9.17) is 8.75 Å². The minimum Gasteiger partial charge on any atom is -0.294 e. The summed E-state index contributed by atoms with van der Waals surface area (Å²) >= 11 is 1.30. The molecule has 0 aliphatic rings. The van der Waals surface area contributed by atoms with Gasteiger partial charge in [0.05, 0.1) is 17.3 Å². The Kier molecular flexibility index (Phi) is 32.4. The Morgan fingerprint density at radius 2 is 0.688 bits per heavy atom. The van der Waals surface area contributed by atoms with Gasteiger partial charge in [0.2, 0.25) is 0 Å². The highest BCUT2D eigenvalue weighted by atomic mass is 32.1. The van der Waals surface area contributed by atoms with E-state index >= 15 is 0 Å². The summed E-state index contributed by atoms with van der Waals surface area (Å²) in [7, 11) is 0. The van der Waals surface area contributed by atoms with Crippen LogP contribution in [0.4, 0.5) is 0 Å². The van der Waals surface area contributed by atoms with Crippen LogP contribution in [-0.4, -0.2) is 14.5 Å². The van der Waals surface area contributed by atoms with Gasteiger partial charge in [-0.1, -0.05) is 328 Å². The van der Waals surface area contributed by atoms with Crippen molar-refractivity contribution in [3.8, 4) is 61.7 Å². The monoisotopic (exact) mass is 1310 g/mol. The predicted molar refractivity (Wildman–Crippen MR) is 420 cm³/mol. The maximum absolute atomic E-state index is 12.3. The number of allylic oxidation sites excluding steroid dienone is 1. The van der Waals surface area contributed by atoms with E-state index in [2.05, 4.69) is 182 Å². The fourth-order valence-corrected chi connectivity index (χ4v) is 16.5. The van der Waals surface area contributed by atoms with E-state index < -0.39 is 0 Å². The molecule has 0 radical (unpaired) electrons. The van der Waals surface area contributed by atoms with E-state index in [-0.39, 0.29) is 11.4 Å². The number of unbranched alkanes of at least 4 members (excludes halogenated alkanes) is 6. The van der Waals surface area contributed by atoms with Gasteiger partial charge >= 0.3 is 0 Å². The van der Waals surface area contributed by atoms with Crippen LogP contribution in [0.2, 0.25) is 0 Å². The van der Waals surface area contributed by atoms with Crippen LogP contribution >= 0.6 is 11.7 Å². The molecule has 7 aromatic rings. The second kappa shape index (κ2) is 40.2. The lowest BCUT2D eigenvalue weighted by Gasteiger charge is -2.28. The fourth-order valence-electron chi connectivity index (χ4n) is 16.0. The average Bonchev–Trinajstić information content (AvgIpc) is 0.970. The van der Waals surface area contributed by atoms with Gasteiger partial charge in [-0.15, -0.1) is 0 Å². The first-order valence-electron chi connectivity index (χ1n) is 39.2. The van der Waals surface area contributed by atoms with Crippen LogP contribution in [0.3, 0.4) is 0 Å². The van der Waals surface area contributed by atoms with Crippen molar-refractivity contribution in [3.05, 3.63) is 147 Å². The Morgan fingerprint density at radius 1 is 0.396 bits per heavy atom. The zero-order valence-corrected chi connectivity index (χ0v) is 63.9. The number of carbonyl (C=O) groups excluding carboxylic acids is 1. The topological polar surface area (TPSA) is 66.6 Å². The number of nitrogens with zero attached hydrogens (tertiary/aromatic N) is 3. The minimum absolute atomic E-state index is 0.149. The van der Waals surface area contributed by atoms with Gasteiger partial charge in [0.25, 0.3) is 0 Å². The molecule has 0 fully saturated rings. The molecule has 518 valence electrons. The summed E-state index contributed by atoms with van der Waals surface area (Å²) in [5.74, 6) is 3.52. The van der Waals surface area contributed by atoms with Crippen LogP contribution in [0.15, 0.2) is 96.6 Å². The predicted octanol–water partition coefficient (Wildman–Crippen LogP) is 27.7. The van der Waals surface area contributed by atoms with Crippen LogP contribution in [0.5, 0.6) is 0 Å². The second-order valence-electron chi connectivity index (χ2n) is 29.6. The van der Waals surface area contributed by atoms with Crippen molar-refractivity contribution in [2.45, 2.75) is 296 Å². The van der Waals surface area contributed by atoms with E-state index in [1.807, 2.05) is 12.1 Å². The zero-order valence-electron chi connectivity index (χ0n) is 63.1. The molecule has 96 heavy (non-hydrogen) atoms. The molecule has 0 saturated heterocycles. The lowest BCUT2D eigenvalue weighted by atomic mass is 9.75. The molecule has 5 heteroatoms. The number of rotatable bonds is 43. The summed E-state index contributed by atoms with van der Waals surface area (Å²) in [4.78, 5) is 12.3. The molecule has 0 aliphatic heterocycles. The number of carbonyl (C=O) groups is 1. The van der Waals surface area contributed by atoms with Crippen LogP contribution in [-0.2, 0) is 43.3 Å². The number of aromatic nitrogens is 2. The normalized spacial score (nSPS) is 13.8. The standard InChI is InChI=1S/C91H127N3OS/c1-16-28-34-66(22-7)46-73-52-74(47-67(23-8)35-29-17-2)57-80(56-73)87-63(13)86(85-45-44-84(90-91(85)94-96-93-90)79-42-40-72(41-43-79)55-83(62-92)65(15)95)64(14)88(81-58-75(48-68(24-9)36-30-18-3)53-76(59-81)49-69(25-10)37-31-19-4)89(87)82-60-77(50-70(26-11)38-32-20-5)54-78(61-82)51-71(27-12)39-33-21-6/h40-45,52-61,66-71H,16-39,46-51H2,1-15H3/b83-55+. The molecule has 1 heterocycles. The molecule has 0 saturated carbocycles. The van der Waals surface area contributed by atoms with Crippen LogP contribution in [0.1, 0.15) is 294 Å². The van der Waals surface area contributed by atoms with Crippen molar-refractivity contribution in [2.24, 2.45) is 35.5 Å². The molecule has 1 aromatic heterocycles. The molecule has 6 aromatic carbocycles. The Labute approximate surface area is 590 Å². The number of hydrogen-bond acceptors (Lipinski definition) is 5. The third-order valence-corrected chi connectivity index (χ3v) is 22.7. The average molecular weight is 1310 g/mol. The Bertz CT molecular complexity index is 3390. The molecule has 0 amide bonds. The zero-order chi connectivity index (χ0) is 69.1. The maximum atomic E-state index is 12.3. The van der Waals surface area contributed by atoms with Crippen molar-refractivity contribution in [3.63, 3.8) is 0 Å². The van der Waals surface area contributed by atoms with Crippen molar-refractivity contribution < 1.29 is 4.79 Å². The highest BCUT2D eigenvalue weighted by Crippen LogP contribution is 2.52. The van der Waals surface area contributed by atoms with Gasteiger partial charge in [-0.2, -0.15) is 14.0 Å². The first-order valence-corrected chi connectivity index (χ1v) is 39.9. The van der Waals surface area contributed by atoms with Gasteiger partial charge in [0.1, 0.15) is 17.1 Å². The number of nitriles is 1. The molecule has 6 unspecified atom stereocenters. The molecule has 0 bridgehead atoms. The van der Waals surface area contributed by atoms with E-state index in [1.165, 1.54) is 256 Å². The van der Waals surface area contributed by atoms with E-state index in [0.29, 0.717) is 35.5 Å². The van der Waals surface area contributed by atoms with E-state index in [1.54, 1.807) is 6.08 Å². The number of fused-ring (bicyclic) bond motifs is 1. The van der Waals surface area contributed by atoms with E-state index in [9.17, 15) is 10.1 Å². The summed E-state index contributed by atoms with van der Waals surface area (Å²) in [6, 6.07) is 39.0. The smallest absolute Gasteiger partial charge is 0.170 e. The van der Waals surface area contributed by atoms with Gasteiger partial charge in [0.15, 0.2) is 5.78 Å². The molecule has 6 atom stereocenters. The number of hydrogen-bond donors (Lipinski definition) is 0. The highest BCUT2D eigenvalue weighted by molar-refractivity contribution is 7.00. The number of benzene rings is 6. The summed E-state index contributed by atoms with van der Waals surface area (Å²) in [5, 5.41) is 9.79. The Balaban J connectivity index is 1.72. The molecular formula is C91H127N3OS. The molecule has 0 aliphatic carbocycles. The molecule has 4 nitrogen and oxygen atoms in total. The molecular weight excluding hydrogens is 1180 g/mol. The first-order chi connectivity index (χ1) is 46.6. The lowest BCUT2D eigenvalue weighted by molar-refractivity contribution is -0.113. The first kappa shape index (κ1) is 77.4. The minimum atomic E-state index is -0.233. The Morgan fingerprint density at radius 3 is 0.969 bits per heavy atom. The van der Waals surface area contributed by atoms with Gasteiger partial charge < -0.3 is 0 Å². The van der Waals surface area contributed by atoms with E-state index in [0.717, 1.165) is 71.8 Å². The largest absolute Gasteiger partial charge is 0.294 e. The van der Waals surface area contributed by atoms with Crippen LogP contribution in [0, 0.1) is 60.7 Å². The SMILES string of the molecule is CCCCC(CC)Cc1cc(CC(CC)CCCC)cc(-c2c(C)c(-c3ccc(-c4ccc(/C=C(\C#N)C(C)=O)cc4)c4nsnc34)c(C)c(-c3cc(CC(CC)CCCC)cc(CC(CC)CCCC)c3)c2-c2cc(CC(CC)CCCC)cc(CC(CC)CCCC)c2)c1. The lowest BCUT2D eigenvalue weighted by Crippen LogP contribution is -2.09. The third-order valence-electron chi connectivity index (χ3n) is 22.1. The van der Waals surface area contributed by atoms with Gasteiger partial charge in [-0.25, -0.2) is 0 Å². The summed E-state index contributed by atoms with van der Waals surface area (Å²) in [5.41, 5.74) is 27.1. The number of ketones is 1. The third kappa shape index (κ3) is 21.3. The maximum Gasteiger partial charge on any atom is 0.170 e. The fraction of sp³-hybridized carbons (Fsp3) is 0.560. The summed E-state index contributed by atoms with van der Waals surface area (Å²) in [6.07, 6.45) is 37.9. The quantitative estimate of drug-likeness (QED) is 0.0282. The molecule has 7 rings (SSSR count). The highest BCUT2D eigenvalue weighted by Gasteiger charge is 2.29. The Hall–Kier alpha value is -5.96. The van der Waals surface area contributed by atoms with Crippen molar-refractivity contribution in [1.82, 2.24) is 8.75 Å². The van der Waals surface area contributed by atoms with Crippen LogP contribution in [0.25, 0.3) is 72.7 Å². The van der Waals surface area contributed by atoms with Crippen molar-refractivity contribution >= 4 is 34.6 Å². The van der Waals surface area contributed by atoms with Gasteiger partial charge in [0, 0.05) is 11.1 Å². The summed E-state index contributed by atoms with van der Waals surface area (Å²) in [6.45, 7) is 35.2. The second-order valence-corrected chi connectivity index (χ2v) is 30.1.